The quantitative estimate of drug-likeness (QED) is 0.400. The second kappa shape index (κ2) is 5.47. The molecular weight excluding hydrogens is 203 g/mol. The molecular formula is C8H13BBrO. The van der Waals surface area contributed by atoms with Crippen molar-refractivity contribution in [3.8, 4) is 0 Å². The van der Waals surface area contributed by atoms with Gasteiger partial charge in [-0.25, -0.2) is 0 Å². The Morgan fingerprint density at radius 1 is 1.45 bits per heavy atom. The third kappa shape index (κ3) is 4.30. The maximum absolute atomic E-state index is 5.09. The van der Waals surface area contributed by atoms with Gasteiger partial charge < -0.3 is 4.74 Å². The highest BCUT2D eigenvalue weighted by molar-refractivity contribution is 9.11. The van der Waals surface area contributed by atoms with Crippen LogP contribution >= 0.6 is 15.9 Å². The summed E-state index contributed by atoms with van der Waals surface area (Å²) in [6.45, 7) is 5.93. The summed E-state index contributed by atoms with van der Waals surface area (Å²) in [5.41, 5.74) is 1.11. The van der Waals surface area contributed by atoms with E-state index in [2.05, 4.69) is 15.9 Å². The zero-order valence-corrected chi connectivity index (χ0v) is 9.03. The number of ether oxygens (including phenoxy) is 1. The number of hydrogen-bond donors (Lipinski definition) is 0. The van der Waals surface area contributed by atoms with Crippen molar-refractivity contribution in [1.82, 2.24) is 0 Å². The normalized spacial score (nSPS) is 14.1. The molecule has 0 heterocycles. The number of allylic oxidation sites excluding steroid dienone is 4. The lowest BCUT2D eigenvalue weighted by molar-refractivity contribution is 0.292. The fraction of sp³-hybridized carbons (Fsp3) is 0.500. The van der Waals surface area contributed by atoms with Gasteiger partial charge >= 0.3 is 0 Å². The van der Waals surface area contributed by atoms with Gasteiger partial charge in [-0.15, -0.1) is 0 Å². The van der Waals surface area contributed by atoms with Crippen LogP contribution < -0.4 is 0 Å². The highest BCUT2D eigenvalue weighted by Crippen LogP contribution is 2.11. The van der Waals surface area contributed by atoms with Gasteiger partial charge in [-0.2, -0.15) is 0 Å². The van der Waals surface area contributed by atoms with Crippen LogP contribution in [0.1, 0.15) is 13.8 Å². The summed E-state index contributed by atoms with van der Waals surface area (Å²) in [6.07, 6.45) is 2.03. The molecule has 0 aromatic carbocycles. The molecule has 0 fully saturated rings. The Bertz CT molecular complexity index is 181. The molecule has 1 nitrogen and oxygen atoms in total. The molecule has 11 heavy (non-hydrogen) atoms. The second-order valence-electron chi connectivity index (χ2n) is 2.24. The summed E-state index contributed by atoms with van der Waals surface area (Å²) in [5.74, 6) is 0.936. The number of halogens is 1. The van der Waals surface area contributed by atoms with Crippen LogP contribution in [0, 0.1) is 0 Å². The largest absolute Gasteiger partial charge is 0.502 e. The van der Waals surface area contributed by atoms with Crippen LogP contribution in [0.25, 0.3) is 0 Å². The standard InChI is InChI=1S/C8H13BBrO/c1-6(10)5-8(9-3)7(2)11-4/h5H,1-4H3/b6-5+,8-7-. The molecule has 0 aromatic heterocycles. The molecule has 0 rings (SSSR count). The maximum Gasteiger partial charge on any atom is 0.152 e. The highest BCUT2D eigenvalue weighted by atomic mass is 79.9. The van der Waals surface area contributed by atoms with Gasteiger partial charge in [0.15, 0.2) is 7.28 Å². The number of hydrogen-bond acceptors (Lipinski definition) is 1. The first kappa shape index (κ1) is 10.8. The lowest BCUT2D eigenvalue weighted by Gasteiger charge is -2.04. The molecule has 0 N–H and O–H groups in total. The molecule has 0 unspecified atom stereocenters. The lowest BCUT2D eigenvalue weighted by atomic mass is 9.71. The molecule has 0 aliphatic heterocycles. The third-order valence-corrected chi connectivity index (χ3v) is 1.61. The van der Waals surface area contributed by atoms with Crippen molar-refractivity contribution in [1.29, 1.82) is 0 Å². The van der Waals surface area contributed by atoms with E-state index in [-0.39, 0.29) is 0 Å². The van der Waals surface area contributed by atoms with Gasteiger partial charge in [0, 0.05) is 0 Å². The predicted molar refractivity (Wildman–Crippen MR) is 54.0 cm³/mol. The van der Waals surface area contributed by atoms with Crippen molar-refractivity contribution in [2.45, 2.75) is 20.7 Å². The van der Waals surface area contributed by atoms with Crippen LogP contribution in [0.4, 0.5) is 0 Å². The van der Waals surface area contributed by atoms with Crippen molar-refractivity contribution in [2.75, 3.05) is 7.11 Å². The fourth-order valence-electron chi connectivity index (χ4n) is 0.720. The Hall–Kier alpha value is -0.175. The van der Waals surface area contributed by atoms with Crippen molar-refractivity contribution in [3.63, 3.8) is 0 Å². The van der Waals surface area contributed by atoms with E-state index in [1.807, 2.05) is 34.0 Å². The van der Waals surface area contributed by atoms with Crippen LogP contribution in [0.2, 0.25) is 6.82 Å². The van der Waals surface area contributed by atoms with Gasteiger partial charge in [-0.1, -0.05) is 34.3 Å². The SMILES string of the molecule is C[B]C(/C=C(\C)Br)=C(/C)OC. The van der Waals surface area contributed by atoms with E-state index in [0.29, 0.717) is 0 Å². The molecule has 0 aliphatic carbocycles. The summed E-state index contributed by atoms with van der Waals surface area (Å²) in [5, 5.41) is 0. The average molecular weight is 216 g/mol. The first-order chi connectivity index (χ1) is 5.11. The minimum absolute atomic E-state index is 0.936. The van der Waals surface area contributed by atoms with Crippen LogP contribution in [-0.2, 0) is 4.74 Å². The second-order valence-corrected chi connectivity index (χ2v) is 3.49. The topological polar surface area (TPSA) is 9.23 Å². The Balaban J connectivity index is 4.52. The van der Waals surface area contributed by atoms with Gasteiger partial charge in [-0.3, -0.25) is 0 Å². The molecule has 0 saturated heterocycles. The van der Waals surface area contributed by atoms with Crippen molar-refractivity contribution in [2.24, 2.45) is 0 Å². The number of methoxy groups -OCH3 is 1. The van der Waals surface area contributed by atoms with Gasteiger partial charge in [0.05, 0.1) is 12.9 Å². The van der Waals surface area contributed by atoms with E-state index in [0.717, 1.165) is 15.7 Å². The van der Waals surface area contributed by atoms with Crippen molar-refractivity contribution < 1.29 is 4.74 Å². The first-order valence-corrected chi connectivity index (χ1v) is 4.29. The summed E-state index contributed by atoms with van der Waals surface area (Å²) >= 11 is 3.36. The summed E-state index contributed by atoms with van der Waals surface area (Å²) in [6, 6.07) is 0. The number of rotatable bonds is 3. The molecule has 0 saturated carbocycles. The zero-order chi connectivity index (χ0) is 8.85. The van der Waals surface area contributed by atoms with Gasteiger partial charge in [0.1, 0.15) is 0 Å². The Morgan fingerprint density at radius 2 is 2.00 bits per heavy atom. The van der Waals surface area contributed by atoms with Crippen LogP contribution in [0.5, 0.6) is 0 Å². The van der Waals surface area contributed by atoms with Crippen molar-refractivity contribution in [3.05, 3.63) is 21.8 Å². The van der Waals surface area contributed by atoms with Gasteiger partial charge in [0.25, 0.3) is 0 Å². The lowest BCUT2D eigenvalue weighted by Crippen LogP contribution is -1.94. The summed E-state index contributed by atoms with van der Waals surface area (Å²) in [7, 11) is 3.69. The molecule has 0 spiro atoms. The fourth-order valence-corrected chi connectivity index (χ4v) is 0.967. The van der Waals surface area contributed by atoms with Gasteiger partial charge in [-0.05, 0) is 18.3 Å². The molecule has 0 atom stereocenters. The minimum Gasteiger partial charge on any atom is -0.502 e. The average Bonchev–Trinajstić information content (AvgIpc) is 1.98. The molecule has 0 bridgehead atoms. The van der Waals surface area contributed by atoms with Crippen LogP contribution in [0.3, 0.4) is 0 Å². The van der Waals surface area contributed by atoms with E-state index in [1.165, 1.54) is 0 Å². The van der Waals surface area contributed by atoms with Crippen LogP contribution in [-0.4, -0.2) is 14.4 Å². The monoisotopic (exact) mass is 215 g/mol. The smallest absolute Gasteiger partial charge is 0.152 e. The molecule has 0 amide bonds. The summed E-state index contributed by atoms with van der Waals surface area (Å²) in [4.78, 5) is 0. The Labute approximate surface area is 77.9 Å². The predicted octanol–water partition coefficient (Wildman–Crippen LogP) is 2.92. The van der Waals surface area contributed by atoms with Gasteiger partial charge in [0.2, 0.25) is 0 Å². The Kier molecular flexibility index (Phi) is 5.39. The van der Waals surface area contributed by atoms with E-state index in [1.54, 1.807) is 7.11 Å². The first-order valence-electron chi connectivity index (χ1n) is 3.49. The molecule has 61 valence electrons. The maximum atomic E-state index is 5.09. The van der Waals surface area contributed by atoms with E-state index < -0.39 is 0 Å². The minimum atomic E-state index is 0.936. The third-order valence-electron chi connectivity index (χ3n) is 1.38. The molecule has 0 aliphatic rings. The molecule has 3 heteroatoms. The van der Waals surface area contributed by atoms with Crippen LogP contribution in [0.15, 0.2) is 21.8 Å². The molecule has 1 radical (unpaired) electrons. The van der Waals surface area contributed by atoms with E-state index in [4.69, 9.17) is 4.74 Å². The Morgan fingerprint density at radius 3 is 2.27 bits per heavy atom. The highest BCUT2D eigenvalue weighted by Gasteiger charge is 1.97. The summed E-state index contributed by atoms with van der Waals surface area (Å²) < 4.78 is 6.19. The van der Waals surface area contributed by atoms with E-state index >= 15 is 0 Å². The zero-order valence-electron chi connectivity index (χ0n) is 7.44. The van der Waals surface area contributed by atoms with E-state index in [9.17, 15) is 0 Å². The molecule has 0 aromatic rings. The van der Waals surface area contributed by atoms with Crippen molar-refractivity contribution >= 4 is 23.2 Å².